The molecule has 2 rings (SSSR count). The van der Waals surface area contributed by atoms with Crippen molar-refractivity contribution in [3.8, 4) is 12.1 Å². The lowest BCUT2D eigenvalue weighted by molar-refractivity contribution is 0.200. The molecule has 0 bridgehead atoms. The van der Waals surface area contributed by atoms with E-state index in [0.29, 0.717) is 31.3 Å². The van der Waals surface area contributed by atoms with E-state index in [1.807, 2.05) is 6.20 Å². The fraction of sp³-hybridized carbons (Fsp3) is 0.722. The summed E-state index contributed by atoms with van der Waals surface area (Å²) in [6.45, 7) is 7.63. The molecule has 1 aromatic rings. The monoisotopic (exact) mass is 329 g/mol. The van der Waals surface area contributed by atoms with Gasteiger partial charge in [-0.15, -0.1) is 0 Å². The van der Waals surface area contributed by atoms with E-state index in [1.54, 1.807) is 0 Å². The molecule has 1 aliphatic heterocycles. The molecule has 6 nitrogen and oxygen atoms in total. The van der Waals surface area contributed by atoms with Crippen molar-refractivity contribution in [3.63, 3.8) is 0 Å². The van der Waals surface area contributed by atoms with E-state index in [4.69, 9.17) is 9.68 Å². The van der Waals surface area contributed by atoms with Crippen LogP contribution in [0.3, 0.4) is 0 Å². The average Bonchev–Trinajstić information content (AvgIpc) is 3.20. The van der Waals surface area contributed by atoms with Gasteiger partial charge in [-0.25, -0.2) is 4.98 Å². The summed E-state index contributed by atoms with van der Waals surface area (Å²) in [5.41, 5.74) is 0. The second kappa shape index (κ2) is 8.82. The van der Waals surface area contributed by atoms with Gasteiger partial charge in [0.15, 0.2) is 0 Å². The van der Waals surface area contributed by atoms with Crippen molar-refractivity contribution in [2.75, 3.05) is 26.7 Å². The molecule has 1 aromatic heterocycles. The number of aromatic nitrogens is 1. The second-order valence-corrected chi connectivity index (χ2v) is 6.95. The Kier molecular flexibility index (Phi) is 6.78. The van der Waals surface area contributed by atoms with E-state index < -0.39 is 0 Å². The van der Waals surface area contributed by atoms with E-state index in [1.165, 1.54) is 0 Å². The highest BCUT2D eigenvalue weighted by Gasteiger charge is 2.28. The van der Waals surface area contributed by atoms with E-state index in [-0.39, 0.29) is 5.92 Å². The smallest absolute Gasteiger partial charge is 0.208 e. The summed E-state index contributed by atoms with van der Waals surface area (Å²) in [6.07, 6.45) is 4.03. The number of hydrogen-bond acceptors (Lipinski definition) is 6. The minimum absolute atomic E-state index is 0.0472. The number of likely N-dealkylation sites (tertiary alicyclic amines) is 1. The molecule has 24 heavy (non-hydrogen) atoms. The third-order valence-corrected chi connectivity index (χ3v) is 4.66. The Morgan fingerprint density at radius 2 is 2.25 bits per heavy atom. The third kappa shape index (κ3) is 5.06. The van der Waals surface area contributed by atoms with Gasteiger partial charge in [0.1, 0.15) is 5.76 Å². The molecule has 0 aliphatic carbocycles. The van der Waals surface area contributed by atoms with Gasteiger partial charge in [-0.2, -0.15) is 10.5 Å². The van der Waals surface area contributed by atoms with Gasteiger partial charge >= 0.3 is 0 Å². The first kappa shape index (κ1) is 18.4. The summed E-state index contributed by atoms with van der Waals surface area (Å²) in [4.78, 5) is 8.99. The van der Waals surface area contributed by atoms with Crippen LogP contribution >= 0.6 is 0 Å². The zero-order chi connectivity index (χ0) is 17.5. The number of hydrogen-bond donors (Lipinski definition) is 0. The van der Waals surface area contributed by atoms with E-state index in [0.717, 1.165) is 37.7 Å². The highest BCUT2D eigenvalue weighted by atomic mass is 16.4. The maximum atomic E-state index is 9.21. The minimum Gasteiger partial charge on any atom is -0.444 e. The van der Waals surface area contributed by atoms with Crippen LogP contribution in [0, 0.1) is 28.6 Å². The van der Waals surface area contributed by atoms with Gasteiger partial charge in [-0.05, 0) is 26.4 Å². The molecule has 1 aliphatic rings. The first-order chi connectivity index (χ1) is 11.5. The van der Waals surface area contributed by atoms with Crippen molar-refractivity contribution in [1.29, 1.82) is 10.5 Å². The lowest BCUT2D eigenvalue weighted by atomic mass is 10.1. The van der Waals surface area contributed by atoms with E-state index in [2.05, 4.69) is 47.8 Å². The molecule has 0 radical (unpaired) electrons. The molecular weight excluding hydrogens is 302 g/mol. The van der Waals surface area contributed by atoms with Gasteiger partial charge in [0.2, 0.25) is 5.89 Å². The molecule has 0 spiro atoms. The minimum atomic E-state index is -0.0472. The van der Waals surface area contributed by atoms with Crippen LogP contribution in [0.5, 0.6) is 0 Å². The van der Waals surface area contributed by atoms with Crippen LogP contribution in [0.1, 0.15) is 50.7 Å². The number of likely N-dealkylation sites (N-methyl/N-ethyl adjacent to an activating group) is 1. The summed E-state index contributed by atoms with van der Waals surface area (Å²) >= 11 is 0. The number of nitriles is 2. The predicted octanol–water partition coefficient (Wildman–Crippen LogP) is 2.75. The highest BCUT2D eigenvalue weighted by Crippen LogP contribution is 2.20. The Labute approximate surface area is 144 Å². The van der Waals surface area contributed by atoms with Gasteiger partial charge in [-0.1, -0.05) is 13.8 Å². The lowest BCUT2D eigenvalue weighted by Gasteiger charge is -2.24. The number of nitrogens with zero attached hydrogens (tertiary/aromatic N) is 5. The third-order valence-electron chi connectivity index (χ3n) is 4.66. The van der Waals surface area contributed by atoms with Crippen LogP contribution in [0.25, 0.3) is 0 Å². The van der Waals surface area contributed by atoms with Crippen LogP contribution in [0.2, 0.25) is 0 Å². The first-order valence-corrected chi connectivity index (χ1v) is 8.67. The summed E-state index contributed by atoms with van der Waals surface area (Å²) in [5.74, 6) is 2.01. The van der Waals surface area contributed by atoms with Crippen molar-refractivity contribution in [1.82, 2.24) is 14.8 Å². The SMILES string of the molecule is CC(C)c1cnc(CN(C)[C@@H]2CCN(C[C@H](C#N)CCC#N)C2)o1. The Balaban J connectivity index is 1.81. The molecule has 1 saturated heterocycles. The number of oxazole rings is 1. The van der Waals surface area contributed by atoms with Crippen LogP contribution in [0.4, 0.5) is 0 Å². The molecule has 2 heterocycles. The van der Waals surface area contributed by atoms with Crippen molar-refractivity contribution in [3.05, 3.63) is 17.8 Å². The molecular formula is C18H27N5O. The summed E-state index contributed by atoms with van der Waals surface area (Å²) in [7, 11) is 2.10. The quantitative estimate of drug-likeness (QED) is 0.729. The summed E-state index contributed by atoms with van der Waals surface area (Å²) in [6, 6.07) is 4.91. The zero-order valence-corrected chi connectivity index (χ0v) is 14.9. The summed E-state index contributed by atoms with van der Waals surface area (Å²) < 4.78 is 5.79. The van der Waals surface area contributed by atoms with Gasteiger partial charge in [-0.3, -0.25) is 4.90 Å². The molecule has 0 amide bonds. The van der Waals surface area contributed by atoms with Gasteiger partial charge < -0.3 is 9.32 Å². The fourth-order valence-electron chi connectivity index (χ4n) is 3.09. The van der Waals surface area contributed by atoms with E-state index in [9.17, 15) is 5.26 Å². The van der Waals surface area contributed by atoms with Crippen molar-refractivity contribution in [2.45, 2.75) is 51.6 Å². The molecule has 0 unspecified atom stereocenters. The molecule has 130 valence electrons. The zero-order valence-electron chi connectivity index (χ0n) is 14.9. The largest absolute Gasteiger partial charge is 0.444 e. The molecule has 0 aromatic carbocycles. The van der Waals surface area contributed by atoms with E-state index >= 15 is 0 Å². The number of rotatable bonds is 8. The maximum absolute atomic E-state index is 9.21. The fourth-order valence-corrected chi connectivity index (χ4v) is 3.09. The van der Waals surface area contributed by atoms with Crippen molar-refractivity contribution >= 4 is 0 Å². The Bertz CT molecular complexity index is 597. The highest BCUT2D eigenvalue weighted by molar-refractivity contribution is 4.99. The van der Waals surface area contributed by atoms with Crippen LogP contribution in [-0.2, 0) is 6.54 Å². The second-order valence-electron chi connectivity index (χ2n) is 6.95. The topological polar surface area (TPSA) is 80.1 Å². The van der Waals surface area contributed by atoms with Crippen molar-refractivity contribution < 1.29 is 4.42 Å². The average molecular weight is 329 g/mol. The van der Waals surface area contributed by atoms with Crippen molar-refractivity contribution in [2.24, 2.45) is 5.92 Å². The normalized spacial score (nSPS) is 19.5. The molecule has 0 saturated carbocycles. The standard InChI is InChI=1S/C18H27N5O/c1-14(2)17-10-21-18(24-17)13-22(3)16-6-8-23(12-16)11-15(9-20)5-4-7-19/h10,14-16H,4-6,8,11-13H2,1-3H3/t15-,16+/m0/s1. The van der Waals surface area contributed by atoms with Gasteiger partial charge in [0, 0.05) is 31.5 Å². The van der Waals surface area contributed by atoms with Crippen LogP contribution < -0.4 is 0 Å². The molecule has 0 N–H and O–H groups in total. The first-order valence-electron chi connectivity index (χ1n) is 8.67. The maximum Gasteiger partial charge on any atom is 0.208 e. The van der Waals surface area contributed by atoms with Crippen LogP contribution in [-0.4, -0.2) is 47.5 Å². The Morgan fingerprint density at radius 3 is 2.88 bits per heavy atom. The van der Waals surface area contributed by atoms with Gasteiger partial charge in [0.05, 0.1) is 30.8 Å². The predicted molar refractivity (Wildman–Crippen MR) is 90.9 cm³/mol. The van der Waals surface area contributed by atoms with Crippen LogP contribution in [0.15, 0.2) is 10.6 Å². The Hall–Kier alpha value is -1.89. The Morgan fingerprint density at radius 1 is 1.46 bits per heavy atom. The molecule has 1 fully saturated rings. The molecule has 6 heteroatoms. The lowest BCUT2D eigenvalue weighted by Crippen LogP contribution is -2.35. The van der Waals surface area contributed by atoms with Gasteiger partial charge in [0.25, 0.3) is 0 Å². The summed E-state index contributed by atoms with van der Waals surface area (Å²) in [5, 5.41) is 17.9. The molecule has 2 atom stereocenters.